The summed E-state index contributed by atoms with van der Waals surface area (Å²) in [6, 6.07) is 11.5. The first-order valence-electron chi connectivity index (χ1n) is 8.05. The van der Waals surface area contributed by atoms with E-state index in [1.807, 2.05) is 25.1 Å². The number of carboxylic acids is 1. The Morgan fingerprint density at radius 1 is 1.32 bits per heavy atom. The van der Waals surface area contributed by atoms with Crippen molar-refractivity contribution in [3.8, 4) is 28.7 Å². The Morgan fingerprint density at radius 2 is 2.08 bits per heavy atom. The molecule has 0 aliphatic carbocycles. The Balaban J connectivity index is 2.15. The van der Waals surface area contributed by atoms with Crippen molar-refractivity contribution in [2.24, 2.45) is 0 Å². The average Bonchev–Trinajstić information content (AvgIpc) is 3.01. The third-order valence-electron chi connectivity index (χ3n) is 4.34. The summed E-state index contributed by atoms with van der Waals surface area (Å²) in [7, 11) is 0. The van der Waals surface area contributed by atoms with Crippen LogP contribution in [-0.4, -0.2) is 23.3 Å². The minimum Gasteiger partial charge on any atom is -0.493 e. The first kappa shape index (κ1) is 16.8. The van der Waals surface area contributed by atoms with Gasteiger partial charge in [0.2, 0.25) is 0 Å². The van der Waals surface area contributed by atoms with Crippen molar-refractivity contribution in [1.82, 2.24) is 0 Å². The summed E-state index contributed by atoms with van der Waals surface area (Å²) in [6.07, 6.45) is 0.794. The zero-order valence-electron chi connectivity index (χ0n) is 14.4. The van der Waals surface area contributed by atoms with Gasteiger partial charge in [-0.3, -0.25) is 0 Å². The van der Waals surface area contributed by atoms with Crippen LogP contribution in [0.1, 0.15) is 30.5 Å². The molecule has 0 saturated carbocycles. The lowest BCUT2D eigenvalue weighted by atomic mass is 9.97. The molecule has 0 unspecified atom stereocenters. The second-order valence-electron chi connectivity index (χ2n) is 6.61. The van der Waals surface area contributed by atoms with Crippen LogP contribution < -0.4 is 9.47 Å². The largest absolute Gasteiger partial charge is 0.493 e. The lowest BCUT2D eigenvalue weighted by Gasteiger charge is -2.24. The van der Waals surface area contributed by atoms with Crippen LogP contribution in [0.4, 0.5) is 0 Å². The van der Waals surface area contributed by atoms with Gasteiger partial charge in [0.25, 0.3) is 0 Å². The van der Waals surface area contributed by atoms with Crippen molar-refractivity contribution in [1.29, 1.82) is 5.26 Å². The lowest BCUT2D eigenvalue weighted by Crippen LogP contribution is -2.38. The molecule has 0 atom stereocenters. The Kier molecular flexibility index (Phi) is 4.13. The van der Waals surface area contributed by atoms with Gasteiger partial charge in [0, 0.05) is 18.1 Å². The second-order valence-corrected chi connectivity index (χ2v) is 6.61. The summed E-state index contributed by atoms with van der Waals surface area (Å²) in [4.78, 5) is 11.5. The molecule has 5 heteroatoms. The topological polar surface area (TPSA) is 79.6 Å². The molecule has 1 heterocycles. The van der Waals surface area contributed by atoms with Gasteiger partial charge in [-0.15, -0.1) is 0 Å². The molecule has 1 N–H and O–H groups in total. The maximum Gasteiger partial charge on any atom is 0.347 e. The highest BCUT2D eigenvalue weighted by Crippen LogP contribution is 2.40. The molecule has 2 aromatic carbocycles. The summed E-state index contributed by atoms with van der Waals surface area (Å²) in [5, 5.41) is 18.7. The first-order valence-corrected chi connectivity index (χ1v) is 8.05. The number of benzene rings is 2. The standard InChI is InChI=1S/C20H19NO4/c1-12-4-5-13(8-15(12)11-21)16-9-14-6-7-24-17(14)10-18(16)25-20(2,3)19(22)23/h4-5,8-10H,6-7H2,1-3H3,(H,22,23). The van der Waals surface area contributed by atoms with Gasteiger partial charge in [0.1, 0.15) is 11.5 Å². The fourth-order valence-corrected chi connectivity index (χ4v) is 2.75. The average molecular weight is 337 g/mol. The van der Waals surface area contributed by atoms with Crippen LogP contribution in [0.5, 0.6) is 11.5 Å². The normalized spacial score (nSPS) is 12.9. The van der Waals surface area contributed by atoms with Crippen LogP contribution >= 0.6 is 0 Å². The molecule has 0 amide bonds. The third kappa shape index (κ3) is 3.16. The molecule has 1 aliphatic rings. The quantitative estimate of drug-likeness (QED) is 0.920. The highest BCUT2D eigenvalue weighted by Gasteiger charge is 2.31. The van der Waals surface area contributed by atoms with E-state index in [2.05, 4.69) is 6.07 Å². The Labute approximate surface area is 146 Å². The molecule has 2 aromatic rings. The number of fused-ring (bicyclic) bond motifs is 1. The van der Waals surface area contributed by atoms with Crippen molar-refractivity contribution in [3.63, 3.8) is 0 Å². The molecule has 0 aromatic heterocycles. The van der Waals surface area contributed by atoms with E-state index in [1.54, 1.807) is 12.1 Å². The van der Waals surface area contributed by atoms with E-state index in [0.717, 1.165) is 28.7 Å². The van der Waals surface area contributed by atoms with E-state index < -0.39 is 11.6 Å². The van der Waals surface area contributed by atoms with Crippen molar-refractivity contribution < 1.29 is 19.4 Å². The molecular formula is C20H19NO4. The summed E-state index contributed by atoms with van der Waals surface area (Å²) >= 11 is 0. The van der Waals surface area contributed by atoms with E-state index in [0.29, 0.717) is 23.7 Å². The zero-order chi connectivity index (χ0) is 18.2. The van der Waals surface area contributed by atoms with Gasteiger partial charge >= 0.3 is 5.97 Å². The molecule has 5 nitrogen and oxygen atoms in total. The van der Waals surface area contributed by atoms with E-state index in [4.69, 9.17) is 9.47 Å². The predicted octanol–water partition coefficient (Wildman–Crippen LogP) is 3.71. The van der Waals surface area contributed by atoms with Gasteiger partial charge < -0.3 is 14.6 Å². The Hall–Kier alpha value is -3.00. The predicted molar refractivity (Wildman–Crippen MR) is 92.9 cm³/mol. The summed E-state index contributed by atoms with van der Waals surface area (Å²) in [5.41, 5.74) is 2.71. The van der Waals surface area contributed by atoms with E-state index in [1.165, 1.54) is 13.8 Å². The van der Waals surface area contributed by atoms with Gasteiger partial charge in [0.15, 0.2) is 5.60 Å². The second kappa shape index (κ2) is 6.14. The smallest absolute Gasteiger partial charge is 0.347 e. The number of carbonyl (C=O) groups is 1. The highest BCUT2D eigenvalue weighted by atomic mass is 16.5. The van der Waals surface area contributed by atoms with Crippen molar-refractivity contribution in [3.05, 3.63) is 47.0 Å². The summed E-state index contributed by atoms with van der Waals surface area (Å²) in [5.74, 6) is 0.0924. The summed E-state index contributed by atoms with van der Waals surface area (Å²) in [6.45, 7) is 5.48. The fourth-order valence-electron chi connectivity index (χ4n) is 2.75. The number of hydrogen-bond acceptors (Lipinski definition) is 4. The lowest BCUT2D eigenvalue weighted by molar-refractivity contribution is -0.152. The maximum atomic E-state index is 11.5. The number of nitriles is 1. The molecule has 0 saturated heterocycles. The molecule has 0 spiro atoms. The first-order chi connectivity index (χ1) is 11.8. The zero-order valence-corrected chi connectivity index (χ0v) is 14.4. The Morgan fingerprint density at radius 3 is 2.76 bits per heavy atom. The number of aryl methyl sites for hydroxylation is 1. The van der Waals surface area contributed by atoms with Gasteiger partial charge in [-0.05, 0) is 49.6 Å². The van der Waals surface area contributed by atoms with Crippen molar-refractivity contribution >= 4 is 5.97 Å². The molecule has 0 fully saturated rings. The molecule has 128 valence electrons. The van der Waals surface area contributed by atoms with Crippen LogP contribution in [-0.2, 0) is 11.2 Å². The van der Waals surface area contributed by atoms with Crippen LogP contribution in [0.15, 0.2) is 30.3 Å². The van der Waals surface area contributed by atoms with Gasteiger partial charge in [-0.2, -0.15) is 5.26 Å². The number of ether oxygens (including phenoxy) is 2. The molecule has 25 heavy (non-hydrogen) atoms. The van der Waals surface area contributed by atoms with Crippen molar-refractivity contribution in [2.75, 3.05) is 6.61 Å². The molecule has 1 aliphatic heterocycles. The van der Waals surface area contributed by atoms with Gasteiger partial charge in [-0.25, -0.2) is 4.79 Å². The third-order valence-corrected chi connectivity index (χ3v) is 4.34. The Bertz CT molecular complexity index is 893. The van der Waals surface area contributed by atoms with Crippen LogP contribution in [0.2, 0.25) is 0 Å². The number of nitrogens with zero attached hydrogens (tertiary/aromatic N) is 1. The number of carboxylic acid groups (broad SMARTS) is 1. The van der Waals surface area contributed by atoms with Gasteiger partial charge in [0.05, 0.1) is 18.2 Å². The number of hydrogen-bond donors (Lipinski definition) is 1. The van der Waals surface area contributed by atoms with Crippen LogP contribution in [0.3, 0.4) is 0 Å². The highest BCUT2D eigenvalue weighted by molar-refractivity contribution is 5.79. The monoisotopic (exact) mass is 337 g/mol. The molecule has 0 bridgehead atoms. The molecule has 3 rings (SSSR count). The van der Waals surface area contributed by atoms with Gasteiger partial charge in [-0.1, -0.05) is 12.1 Å². The number of aliphatic carboxylic acids is 1. The molecular weight excluding hydrogens is 318 g/mol. The number of rotatable bonds is 4. The van der Waals surface area contributed by atoms with E-state index >= 15 is 0 Å². The van der Waals surface area contributed by atoms with Crippen molar-refractivity contribution in [2.45, 2.75) is 32.8 Å². The SMILES string of the molecule is Cc1ccc(-c2cc3c(cc2OC(C)(C)C(=O)O)OCC3)cc1C#N. The molecule has 0 radical (unpaired) electrons. The van der Waals surface area contributed by atoms with Crippen LogP contribution in [0.25, 0.3) is 11.1 Å². The van der Waals surface area contributed by atoms with E-state index in [9.17, 15) is 15.2 Å². The summed E-state index contributed by atoms with van der Waals surface area (Å²) < 4.78 is 11.4. The minimum absolute atomic E-state index is 0.431. The van der Waals surface area contributed by atoms with E-state index in [-0.39, 0.29) is 0 Å². The maximum absolute atomic E-state index is 11.5. The van der Waals surface area contributed by atoms with Crippen LogP contribution in [0, 0.1) is 18.3 Å². The minimum atomic E-state index is -1.38. The fraction of sp³-hybridized carbons (Fsp3) is 0.300.